The highest BCUT2D eigenvalue weighted by atomic mass is 15.3. The third kappa shape index (κ3) is 2.41. The van der Waals surface area contributed by atoms with Crippen molar-refractivity contribution in [2.45, 2.75) is 25.8 Å². The number of hydrogen-bond acceptors (Lipinski definition) is 3. The van der Waals surface area contributed by atoms with E-state index in [9.17, 15) is 0 Å². The summed E-state index contributed by atoms with van der Waals surface area (Å²) in [6.07, 6.45) is 2.92. The molecule has 2 atom stereocenters. The summed E-state index contributed by atoms with van der Waals surface area (Å²) in [5.41, 5.74) is 0. The molecule has 2 saturated heterocycles. The van der Waals surface area contributed by atoms with Crippen LogP contribution in [-0.2, 0) is 0 Å². The van der Waals surface area contributed by atoms with Gasteiger partial charge in [-0.25, -0.2) is 0 Å². The van der Waals surface area contributed by atoms with Gasteiger partial charge in [-0.2, -0.15) is 0 Å². The zero-order chi connectivity index (χ0) is 11.0. The van der Waals surface area contributed by atoms with Gasteiger partial charge in [0.1, 0.15) is 0 Å². The van der Waals surface area contributed by atoms with E-state index in [1.54, 1.807) is 0 Å². The summed E-state index contributed by atoms with van der Waals surface area (Å²) < 4.78 is 0. The van der Waals surface area contributed by atoms with Crippen molar-refractivity contribution in [1.82, 2.24) is 15.1 Å². The van der Waals surface area contributed by atoms with Gasteiger partial charge in [0.25, 0.3) is 0 Å². The molecule has 0 aromatic heterocycles. The van der Waals surface area contributed by atoms with Crippen LogP contribution < -0.4 is 5.32 Å². The number of rotatable bonds is 3. The molecule has 2 heterocycles. The molecule has 2 aliphatic heterocycles. The lowest BCUT2D eigenvalue weighted by molar-refractivity contribution is 0.109. The van der Waals surface area contributed by atoms with Crippen molar-refractivity contribution >= 4 is 0 Å². The van der Waals surface area contributed by atoms with Crippen LogP contribution in [-0.4, -0.2) is 61.7 Å². The summed E-state index contributed by atoms with van der Waals surface area (Å²) in [7, 11) is 0. The van der Waals surface area contributed by atoms with E-state index in [4.69, 9.17) is 0 Å². The minimum atomic E-state index is 0.876. The lowest BCUT2D eigenvalue weighted by Crippen LogP contribution is -2.48. The van der Waals surface area contributed by atoms with Crippen LogP contribution in [0.1, 0.15) is 19.8 Å². The van der Waals surface area contributed by atoms with Gasteiger partial charge >= 0.3 is 0 Å². The minimum Gasteiger partial charge on any atom is -0.316 e. The van der Waals surface area contributed by atoms with E-state index < -0.39 is 0 Å². The van der Waals surface area contributed by atoms with Crippen LogP contribution in [0.2, 0.25) is 0 Å². The average Bonchev–Trinajstić information content (AvgIpc) is 3.07. The second kappa shape index (κ2) is 4.63. The van der Waals surface area contributed by atoms with E-state index in [1.165, 1.54) is 58.7 Å². The van der Waals surface area contributed by atoms with Crippen molar-refractivity contribution in [2.24, 2.45) is 11.8 Å². The first-order valence-electron chi connectivity index (χ1n) is 7.00. The number of hydrogen-bond donors (Lipinski definition) is 1. The quantitative estimate of drug-likeness (QED) is 0.757. The van der Waals surface area contributed by atoms with Crippen molar-refractivity contribution in [3.63, 3.8) is 0 Å². The summed E-state index contributed by atoms with van der Waals surface area (Å²) in [5, 5.41) is 3.51. The Labute approximate surface area is 99.2 Å². The second-order valence-corrected chi connectivity index (χ2v) is 5.96. The van der Waals surface area contributed by atoms with E-state index in [1.807, 2.05) is 0 Å². The highest BCUT2D eigenvalue weighted by Gasteiger charge is 2.32. The number of nitrogens with one attached hydrogen (secondary N) is 1. The fraction of sp³-hybridized carbons (Fsp3) is 1.00. The molecule has 1 N–H and O–H groups in total. The summed E-state index contributed by atoms with van der Waals surface area (Å²) in [4.78, 5) is 5.39. The number of piperazine rings is 1. The van der Waals surface area contributed by atoms with Crippen LogP contribution in [0.3, 0.4) is 0 Å². The van der Waals surface area contributed by atoms with Gasteiger partial charge in [-0.3, -0.25) is 4.90 Å². The molecule has 16 heavy (non-hydrogen) atoms. The molecular formula is C13H25N3. The molecule has 3 heteroatoms. The zero-order valence-electron chi connectivity index (χ0n) is 10.5. The van der Waals surface area contributed by atoms with Gasteiger partial charge in [-0.15, -0.1) is 0 Å². The van der Waals surface area contributed by atoms with E-state index in [0.29, 0.717) is 0 Å². The second-order valence-electron chi connectivity index (χ2n) is 5.96. The normalized spacial score (nSPS) is 38.1. The van der Waals surface area contributed by atoms with Crippen LogP contribution in [0, 0.1) is 11.8 Å². The summed E-state index contributed by atoms with van der Waals surface area (Å²) in [6, 6.07) is 0.967. The molecule has 0 spiro atoms. The minimum absolute atomic E-state index is 0.876. The van der Waals surface area contributed by atoms with E-state index >= 15 is 0 Å². The molecule has 0 bridgehead atoms. The Morgan fingerprint density at radius 2 is 1.81 bits per heavy atom. The van der Waals surface area contributed by atoms with Crippen molar-refractivity contribution in [2.75, 3.05) is 45.8 Å². The molecule has 0 radical (unpaired) electrons. The van der Waals surface area contributed by atoms with E-state index in [2.05, 4.69) is 22.0 Å². The maximum absolute atomic E-state index is 3.51. The Morgan fingerprint density at radius 1 is 1.06 bits per heavy atom. The van der Waals surface area contributed by atoms with Crippen molar-refractivity contribution in [3.8, 4) is 0 Å². The average molecular weight is 223 g/mol. The molecule has 3 aliphatic rings. The van der Waals surface area contributed by atoms with Gasteiger partial charge in [0, 0.05) is 38.8 Å². The predicted molar refractivity (Wildman–Crippen MR) is 66.6 cm³/mol. The Kier molecular flexibility index (Phi) is 3.18. The topological polar surface area (TPSA) is 18.5 Å². The lowest BCUT2D eigenvalue weighted by atomic mass is 9.97. The molecule has 92 valence electrons. The van der Waals surface area contributed by atoms with Crippen LogP contribution in [0.25, 0.3) is 0 Å². The zero-order valence-corrected chi connectivity index (χ0v) is 10.5. The first-order valence-corrected chi connectivity index (χ1v) is 7.00. The Hall–Kier alpha value is -0.120. The molecule has 0 aromatic carbocycles. The van der Waals surface area contributed by atoms with Crippen molar-refractivity contribution in [1.29, 1.82) is 0 Å². The fourth-order valence-corrected chi connectivity index (χ4v) is 3.19. The monoisotopic (exact) mass is 223 g/mol. The van der Waals surface area contributed by atoms with Gasteiger partial charge in [0.2, 0.25) is 0 Å². The predicted octanol–water partition coefficient (Wildman–Crippen LogP) is 0.622. The van der Waals surface area contributed by atoms with Crippen LogP contribution in [0.15, 0.2) is 0 Å². The first-order chi connectivity index (χ1) is 7.83. The van der Waals surface area contributed by atoms with E-state index in [-0.39, 0.29) is 0 Å². The Morgan fingerprint density at radius 3 is 2.38 bits per heavy atom. The summed E-state index contributed by atoms with van der Waals surface area (Å²) in [5.74, 6) is 1.77. The number of nitrogens with zero attached hydrogens (tertiary/aromatic N) is 2. The smallest absolute Gasteiger partial charge is 0.0113 e. The summed E-state index contributed by atoms with van der Waals surface area (Å²) >= 11 is 0. The summed E-state index contributed by atoms with van der Waals surface area (Å²) in [6.45, 7) is 11.4. The third-order valence-corrected chi connectivity index (χ3v) is 4.64. The Balaban J connectivity index is 1.43. The van der Waals surface area contributed by atoms with Gasteiger partial charge in [0.05, 0.1) is 0 Å². The standard InChI is InChI=1S/C13H25N3/c1-11-8-14-9-12(11)10-15-4-6-16(7-5-15)13-2-3-13/h11-14H,2-10H2,1H3. The molecule has 3 rings (SSSR count). The largest absolute Gasteiger partial charge is 0.316 e. The van der Waals surface area contributed by atoms with Crippen molar-refractivity contribution < 1.29 is 0 Å². The van der Waals surface area contributed by atoms with E-state index in [0.717, 1.165) is 17.9 Å². The van der Waals surface area contributed by atoms with Crippen LogP contribution in [0.4, 0.5) is 0 Å². The molecular weight excluding hydrogens is 198 g/mol. The van der Waals surface area contributed by atoms with Crippen LogP contribution in [0.5, 0.6) is 0 Å². The molecule has 2 unspecified atom stereocenters. The molecule has 0 amide bonds. The maximum atomic E-state index is 3.51. The molecule has 1 aliphatic carbocycles. The highest BCUT2D eigenvalue weighted by molar-refractivity contribution is 4.88. The van der Waals surface area contributed by atoms with Gasteiger partial charge in [0.15, 0.2) is 0 Å². The van der Waals surface area contributed by atoms with Crippen molar-refractivity contribution in [3.05, 3.63) is 0 Å². The first kappa shape index (κ1) is 11.0. The molecule has 0 aromatic rings. The molecule has 1 saturated carbocycles. The fourth-order valence-electron chi connectivity index (χ4n) is 3.19. The Bertz CT molecular complexity index is 231. The third-order valence-electron chi connectivity index (χ3n) is 4.64. The maximum Gasteiger partial charge on any atom is 0.0113 e. The molecule has 3 fully saturated rings. The van der Waals surface area contributed by atoms with Gasteiger partial charge < -0.3 is 10.2 Å². The molecule has 3 nitrogen and oxygen atoms in total. The van der Waals surface area contributed by atoms with Crippen LogP contribution >= 0.6 is 0 Å². The SMILES string of the molecule is CC1CNCC1CN1CCN(C2CC2)CC1. The lowest BCUT2D eigenvalue weighted by Gasteiger charge is -2.36. The highest BCUT2D eigenvalue weighted by Crippen LogP contribution is 2.27. The van der Waals surface area contributed by atoms with Gasteiger partial charge in [-0.05, 0) is 37.8 Å². The van der Waals surface area contributed by atoms with Gasteiger partial charge in [-0.1, -0.05) is 6.92 Å².